The average Bonchev–Trinajstić information content (AvgIpc) is 2.05. The van der Waals surface area contributed by atoms with Crippen molar-refractivity contribution >= 4 is 12.0 Å². The van der Waals surface area contributed by atoms with E-state index in [1.807, 2.05) is 30.3 Å². The van der Waals surface area contributed by atoms with Gasteiger partial charge in [-0.3, -0.25) is 0 Å². The molecule has 12 heavy (non-hydrogen) atoms. The summed E-state index contributed by atoms with van der Waals surface area (Å²) in [6.07, 6.45) is 2.60. The molecular formula is C10H8O2. The Hall–Kier alpha value is -1.79. The van der Waals surface area contributed by atoms with Crippen molar-refractivity contribution in [3.63, 3.8) is 0 Å². The fourth-order valence-electron chi connectivity index (χ4n) is 0.758. The van der Waals surface area contributed by atoms with E-state index in [9.17, 15) is 4.79 Å². The van der Waals surface area contributed by atoms with Crippen LogP contribution in [-0.2, 0) is 4.79 Å². The molecule has 1 N–H and O–H groups in total. The van der Waals surface area contributed by atoms with Gasteiger partial charge in [0.05, 0.1) is 6.08 Å². The lowest BCUT2D eigenvalue weighted by Crippen LogP contribution is -1.83. The van der Waals surface area contributed by atoms with Gasteiger partial charge < -0.3 is 5.11 Å². The fraction of sp³-hybridized carbons (Fsp3) is 0. The molecule has 0 spiro atoms. The first-order chi connectivity index (χ1) is 5.79. The summed E-state index contributed by atoms with van der Waals surface area (Å²) in [6, 6.07) is 9.42. The standard InChI is InChI=1S/C10H8O2/c11-10(12)8-4-7-9-5-2-1-3-6-9/h1-3,5-8H,(H,11,12). The van der Waals surface area contributed by atoms with Gasteiger partial charge >= 0.3 is 5.97 Å². The zero-order chi connectivity index (χ0) is 8.81. The van der Waals surface area contributed by atoms with Crippen molar-refractivity contribution in [1.82, 2.24) is 0 Å². The minimum atomic E-state index is -0.984. The molecule has 0 radical (unpaired) electrons. The Kier molecular flexibility index (Phi) is 2.88. The monoisotopic (exact) mass is 160 g/mol. The van der Waals surface area contributed by atoms with E-state index >= 15 is 0 Å². The third-order valence-corrected chi connectivity index (χ3v) is 1.26. The number of aliphatic carboxylic acids is 1. The number of rotatable bonds is 2. The maximum absolute atomic E-state index is 10.1. The van der Waals surface area contributed by atoms with Gasteiger partial charge in [0.2, 0.25) is 0 Å². The second kappa shape index (κ2) is 4.16. The topological polar surface area (TPSA) is 37.3 Å². The molecule has 60 valence electrons. The van der Waals surface area contributed by atoms with E-state index in [0.717, 1.165) is 11.6 Å². The molecule has 2 nitrogen and oxygen atoms in total. The highest BCUT2D eigenvalue weighted by Gasteiger charge is 1.82. The van der Waals surface area contributed by atoms with E-state index in [1.165, 1.54) is 0 Å². The molecule has 0 aliphatic carbocycles. The molecule has 0 atom stereocenters. The zero-order valence-electron chi connectivity index (χ0n) is 6.40. The lowest BCUT2D eigenvalue weighted by molar-refractivity contribution is -0.131. The van der Waals surface area contributed by atoms with Crippen LogP contribution in [0.25, 0.3) is 6.08 Å². The third kappa shape index (κ3) is 2.86. The SMILES string of the molecule is O=C(O)C=C=Cc1ccccc1. The lowest BCUT2D eigenvalue weighted by Gasteiger charge is -1.85. The zero-order valence-corrected chi connectivity index (χ0v) is 6.40. The van der Waals surface area contributed by atoms with Crippen LogP contribution in [0.5, 0.6) is 0 Å². The van der Waals surface area contributed by atoms with Gasteiger partial charge in [-0.15, -0.1) is 5.73 Å². The van der Waals surface area contributed by atoms with E-state index in [2.05, 4.69) is 5.73 Å². The minimum absolute atomic E-state index is 0.940. The summed E-state index contributed by atoms with van der Waals surface area (Å²) < 4.78 is 0. The lowest BCUT2D eigenvalue weighted by atomic mass is 10.2. The summed E-state index contributed by atoms with van der Waals surface area (Å²) in [7, 11) is 0. The van der Waals surface area contributed by atoms with Crippen LogP contribution in [0.2, 0.25) is 0 Å². The molecule has 0 aliphatic rings. The highest BCUT2D eigenvalue weighted by atomic mass is 16.4. The molecule has 0 saturated heterocycles. The summed E-state index contributed by atoms with van der Waals surface area (Å²) in [5.74, 6) is -0.984. The predicted octanol–water partition coefficient (Wildman–Crippen LogP) is 1.94. The third-order valence-electron chi connectivity index (χ3n) is 1.26. The molecule has 0 amide bonds. The van der Waals surface area contributed by atoms with Crippen molar-refractivity contribution in [2.75, 3.05) is 0 Å². The number of carbonyl (C=O) groups is 1. The summed E-state index contributed by atoms with van der Waals surface area (Å²) >= 11 is 0. The first-order valence-electron chi connectivity index (χ1n) is 3.49. The van der Waals surface area contributed by atoms with Gasteiger partial charge in [0.25, 0.3) is 0 Å². The molecular weight excluding hydrogens is 152 g/mol. The Labute approximate surface area is 70.5 Å². The maximum Gasteiger partial charge on any atom is 0.336 e. The Morgan fingerprint density at radius 2 is 2.00 bits per heavy atom. The first kappa shape index (κ1) is 8.31. The van der Waals surface area contributed by atoms with Gasteiger partial charge in [0, 0.05) is 0 Å². The van der Waals surface area contributed by atoms with E-state index in [-0.39, 0.29) is 0 Å². The average molecular weight is 160 g/mol. The second-order valence-corrected chi connectivity index (χ2v) is 2.20. The summed E-state index contributed by atoms with van der Waals surface area (Å²) in [5, 5.41) is 8.25. The van der Waals surface area contributed by atoms with Crippen LogP contribution < -0.4 is 0 Å². The Bertz CT molecular complexity index is 319. The highest BCUT2D eigenvalue weighted by Crippen LogP contribution is 1.98. The van der Waals surface area contributed by atoms with E-state index < -0.39 is 5.97 Å². The van der Waals surface area contributed by atoms with Crippen LogP contribution >= 0.6 is 0 Å². The van der Waals surface area contributed by atoms with Crippen molar-refractivity contribution in [3.05, 3.63) is 47.7 Å². The van der Waals surface area contributed by atoms with Gasteiger partial charge in [0.15, 0.2) is 0 Å². The molecule has 2 heteroatoms. The van der Waals surface area contributed by atoms with E-state index in [0.29, 0.717) is 0 Å². The molecule has 1 aromatic rings. The Morgan fingerprint density at radius 1 is 1.33 bits per heavy atom. The number of carboxylic acids is 1. The van der Waals surface area contributed by atoms with Crippen LogP contribution in [0.4, 0.5) is 0 Å². The molecule has 0 saturated carbocycles. The number of carboxylic acid groups (broad SMARTS) is 1. The van der Waals surface area contributed by atoms with Crippen LogP contribution in [0.1, 0.15) is 5.56 Å². The van der Waals surface area contributed by atoms with Crippen molar-refractivity contribution in [2.45, 2.75) is 0 Å². The van der Waals surface area contributed by atoms with Gasteiger partial charge in [-0.25, -0.2) is 4.79 Å². The van der Waals surface area contributed by atoms with Crippen molar-refractivity contribution in [1.29, 1.82) is 0 Å². The van der Waals surface area contributed by atoms with Crippen molar-refractivity contribution < 1.29 is 9.90 Å². The van der Waals surface area contributed by atoms with Gasteiger partial charge in [0.1, 0.15) is 0 Å². The number of hydrogen-bond donors (Lipinski definition) is 1. The van der Waals surface area contributed by atoms with Crippen molar-refractivity contribution in [2.24, 2.45) is 0 Å². The second-order valence-electron chi connectivity index (χ2n) is 2.20. The summed E-state index contributed by atoms with van der Waals surface area (Å²) in [4.78, 5) is 10.1. The first-order valence-corrected chi connectivity index (χ1v) is 3.49. The van der Waals surface area contributed by atoms with Crippen LogP contribution in [0, 0.1) is 0 Å². The molecule has 0 fully saturated rings. The molecule has 0 aliphatic heterocycles. The molecule has 0 aromatic heterocycles. The van der Waals surface area contributed by atoms with Crippen LogP contribution in [0.3, 0.4) is 0 Å². The van der Waals surface area contributed by atoms with Gasteiger partial charge in [-0.1, -0.05) is 30.3 Å². The normalized spacial score (nSPS) is 8.33. The quantitative estimate of drug-likeness (QED) is 0.530. The number of benzene rings is 1. The molecule has 1 rings (SSSR count). The predicted molar refractivity (Wildman–Crippen MR) is 46.6 cm³/mol. The smallest absolute Gasteiger partial charge is 0.336 e. The minimum Gasteiger partial charge on any atom is -0.478 e. The molecule has 0 unspecified atom stereocenters. The maximum atomic E-state index is 10.1. The van der Waals surface area contributed by atoms with E-state index in [4.69, 9.17) is 5.11 Å². The van der Waals surface area contributed by atoms with Crippen LogP contribution in [0.15, 0.2) is 42.1 Å². The van der Waals surface area contributed by atoms with Gasteiger partial charge in [-0.2, -0.15) is 0 Å². The summed E-state index contributed by atoms with van der Waals surface area (Å²) in [5.41, 5.74) is 3.49. The van der Waals surface area contributed by atoms with Gasteiger partial charge in [-0.05, 0) is 11.6 Å². The van der Waals surface area contributed by atoms with E-state index in [1.54, 1.807) is 6.08 Å². The molecule has 1 aromatic carbocycles. The summed E-state index contributed by atoms with van der Waals surface area (Å²) in [6.45, 7) is 0. The molecule has 0 bridgehead atoms. The fourth-order valence-corrected chi connectivity index (χ4v) is 0.758. The molecule has 0 heterocycles. The van der Waals surface area contributed by atoms with Crippen LogP contribution in [-0.4, -0.2) is 11.1 Å². The Balaban J connectivity index is 2.77. The Morgan fingerprint density at radius 3 is 2.58 bits per heavy atom. The highest BCUT2D eigenvalue weighted by molar-refractivity contribution is 5.80. The van der Waals surface area contributed by atoms with Crippen molar-refractivity contribution in [3.8, 4) is 0 Å². The number of hydrogen-bond acceptors (Lipinski definition) is 1. The largest absolute Gasteiger partial charge is 0.478 e.